The third-order valence-corrected chi connectivity index (χ3v) is 8.44. The van der Waals surface area contributed by atoms with Crippen molar-refractivity contribution < 1.29 is 18.0 Å². The normalized spacial score (nSPS) is 12.5. The molecule has 0 saturated carbocycles. The molecule has 0 aromatic heterocycles. The zero-order valence-electron chi connectivity index (χ0n) is 23.3. The van der Waals surface area contributed by atoms with Gasteiger partial charge in [0, 0.05) is 17.1 Å². The Hall–Kier alpha value is -3.07. The highest BCUT2D eigenvalue weighted by Gasteiger charge is 2.35. The van der Waals surface area contributed by atoms with Gasteiger partial charge in [-0.3, -0.25) is 13.9 Å². The van der Waals surface area contributed by atoms with Crippen LogP contribution in [0.25, 0.3) is 0 Å². The average Bonchev–Trinajstić information content (AvgIpc) is 2.88. The number of carbonyl (C=O) groups excluding carboxylic acids is 2. The van der Waals surface area contributed by atoms with E-state index in [4.69, 9.17) is 23.2 Å². The Bertz CT molecular complexity index is 1460. The molecule has 40 heavy (non-hydrogen) atoms. The number of amides is 2. The summed E-state index contributed by atoms with van der Waals surface area (Å²) in [5.74, 6) is -0.887. The molecule has 0 bridgehead atoms. The van der Waals surface area contributed by atoms with Crippen molar-refractivity contribution in [2.45, 2.75) is 64.1 Å². The molecule has 3 aromatic rings. The number of nitrogens with zero attached hydrogens (tertiary/aromatic N) is 2. The summed E-state index contributed by atoms with van der Waals surface area (Å²) in [5, 5.41) is 3.32. The van der Waals surface area contributed by atoms with Gasteiger partial charge in [-0.25, -0.2) is 8.42 Å². The van der Waals surface area contributed by atoms with Crippen LogP contribution >= 0.6 is 23.2 Å². The lowest BCUT2D eigenvalue weighted by molar-refractivity contribution is -0.141. The summed E-state index contributed by atoms with van der Waals surface area (Å²) in [6.45, 7) is 8.85. The third-order valence-electron chi connectivity index (χ3n) is 6.11. The molecule has 0 aliphatic carbocycles. The molecule has 0 aliphatic heterocycles. The molecule has 0 radical (unpaired) electrons. The number of benzene rings is 3. The van der Waals surface area contributed by atoms with Gasteiger partial charge in [0.1, 0.15) is 12.6 Å². The second-order valence-corrected chi connectivity index (χ2v) is 13.3. The Morgan fingerprint density at radius 3 is 2.23 bits per heavy atom. The highest BCUT2D eigenvalue weighted by atomic mass is 35.5. The van der Waals surface area contributed by atoms with Gasteiger partial charge in [0.05, 0.1) is 15.6 Å². The maximum Gasteiger partial charge on any atom is 0.264 e. The number of nitrogens with one attached hydrogen (secondary N) is 1. The monoisotopic (exact) mass is 603 g/mol. The summed E-state index contributed by atoms with van der Waals surface area (Å²) in [4.78, 5) is 28.9. The van der Waals surface area contributed by atoms with Gasteiger partial charge >= 0.3 is 0 Å². The molecule has 0 heterocycles. The maximum absolute atomic E-state index is 14.1. The second kappa shape index (κ2) is 13.1. The number of rotatable bonds is 10. The predicted molar refractivity (Wildman–Crippen MR) is 161 cm³/mol. The van der Waals surface area contributed by atoms with E-state index < -0.39 is 34.1 Å². The number of hydrogen-bond acceptors (Lipinski definition) is 4. The van der Waals surface area contributed by atoms with E-state index >= 15 is 0 Å². The van der Waals surface area contributed by atoms with E-state index in [0.717, 1.165) is 15.4 Å². The molecular weight excluding hydrogens is 569 g/mol. The zero-order valence-corrected chi connectivity index (χ0v) is 25.6. The fourth-order valence-corrected chi connectivity index (χ4v) is 6.17. The summed E-state index contributed by atoms with van der Waals surface area (Å²) in [6.07, 6.45) is 0.322. The Morgan fingerprint density at radius 2 is 1.62 bits per heavy atom. The molecule has 0 saturated heterocycles. The first-order chi connectivity index (χ1) is 18.7. The van der Waals surface area contributed by atoms with Gasteiger partial charge in [0.25, 0.3) is 10.0 Å². The number of halogens is 2. The molecule has 2 amide bonds. The smallest absolute Gasteiger partial charge is 0.264 e. The second-order valence-electron chi connectivity index (χ2n) is 10.6. The van der Waals surface area contributed by atoms with Gasteiger partial charge in [0.2, 0.25) is 11.8 Å². The Kier molecular flexibility index (Phi) is 10.3. The standard InChI is InChI=1S/C30H35Cl2N3O4S/c1-6-26(29(37)33-30(3,4)5)34(19-22-12-10-11-21(2)17-22)28(36)20-35(27-18-23(31)15-16-25(27)32)40(38,39)24-13-8-7-9-14-24/h7-18,26H,6,19-20H2,1-5H3,(H,33,37)/t26-/m0/s1. The Balaban J connectivity index is 2.11. The van der Waals surface area contributed by atoms with Gasteiger partial charge in [-0.1, -0.05) is 78.2 Å². The van der Waals surface area contributed by atoms with Gasteiger partial charge in [-0.15, -0.1) is 0 Å². The van der Waals surface area contributed by atoms with Crippen molar-refractivity contribution in [2.24, 2.45) is 0 Å². The molecule has 1 N–H and O–H groups in total. The molecule has 0 fully saturated rings. The highest BCUT2D eigenvalue weighted by molar-refractivity contribution is 7.92. The first-order valence-corrected chi connectivity index (χ1v) is 15.1. The van der Waals surface area contributed by atoms with Crippen LogP contribution in [0.5, 0.6) is 0 Å². The lowest BCUT2D eigenvalue weighted by Crippen LogP contribution is -2.55. The van der Waals surface area contributed by atoms with Crippen LogP contribution in [-0.4, -0.2) is 43.3 Å². The minimum absolute atomic E-state index is 0.0124. The average molecular weight is 605 g/mol. The number of sulfonamides is 1. The fraction of sp³-hybridized carbons (Fsp3) is 0.333. The molecular formula is C30H35Cl2N3O4S. The SMILES string of the molecule is CC[C@@H](C(=O)NC(C)(C)C)N(Cc1cccc(C)c1)C(=O)CN(c1cc(Cl)ccc1Cl)S(=O)(=O)c1ccccc1. The minimum atomic E-state index is -4.24. The van der Waals surface area contributed by atoms with E-state index in [2.05, 4.69) is 5.32 Å². The lowest BCUT2D eigenvalue weighted by atomic mass is 10.0. The molecule has 214 valence electrons. The molecule has 0 aliphatic rings. The van der Waals surface area contributed by atoms with Crippen LogP contribution in [0, 0.1) is 6.92 Å². The molecule has 7 nitrogen and oxygen atoms in total. The van der Waals surface area contributed by atoms with Crippen LogP contribution in [0.3, 0.4) is 0 Å². The quantitative estimate of drug-likeness (QED) is 0.298. The number of carbonyl (C=O) groups is 2. The molecule has 3 aromatic carbocycles. The number of hydrogen-bond donors (Lipinski definition) is 1. The summed E-state index contributed by atoms with van der Waals surface area (Å²) in [5.41, 5.74) is 1.35. The van der Waals surface area contributed by atoms with Crippen LogP contribution in [-0.2, 0) is 26.2 Å². The maximum atomic E-state index is 14.1. The van der Waals surface area contributed by atoms with E-state index in [1.807, 2.05) is 58.9 Å². The van der Waals surface area contributed by atoms with E-state index in [9.17, 15) is 18.0 Å². The zero-order chi connectivity index (χ0) is 29.7. The molecule has 0 spiro atoms. The van der Waals surface area contributed by atoms with Gasteiger partial charge in [0.15, 0.2) is 0 Å². The van der Waals surface area contributed by atoms with Crippen molar-refractivity contribution in [3.63, 3.8) is 0 Å². The van der Waals surface area contributed by atoms with Crippen molar-refractivity contribution >= 4 is 50.7 Å². The van der Waals surface area contributed by atoms with Gasteiger partial charge in [-0.05, 0) is 70.0 Å². The van der Waals surface area contributed by atoms with Crippen molar-refractivity contribution in [1.82, 2.24) is 10.2 Å². The number of aryl methyl sites for hydroxylation is 1. The Labute approximate surface area is 247 Å². The third kappa shape index (κ3) is 7.99. The first-order valence-electron chi connectivity index (χ1n) is 12.9. The molecule has 0 unspecified atom stereocenters. The minimum Gasteiger partial charge on any atom is -0.350 e. The van der Waals surface area contributed by atoms with Gasteiger partial charge < -0.3 is 10.2 Å². The predicted octanol–water partition coefficient (Wildman–Crippen LogP) is 6.22. The van der Waals surface area contributed by atoms with Crippen LogP contribution in [0.4, 0.5) is 5.69 Å². The summed E-state index contributed by atoms with van der Waals surface area (Å²) in [7, 11) is -4.24. The van der Waals surface area contributed by atoms with E-state index in [0.29, 0.717) is 6.42 Å². The van der Waals surface area contributed by atoms with Crippen LogP contribution in [0.15, 0.2) is 77.7 Å². The van der Waals surface area contributed by atoms with Gasteiger partial charge in [-0.2, -0.15) is 0 Å². The largest absolute Gasteiger partial charge is 0.350 e. The Morgan fingerprint density at radius 1 is 0.950 bits per heavy atom. The highest BCUT2D eigenvalue weighted by Crippen LogP contribution is 2.33. The fourth-order valence-electron chi connectivity index (χ4n) is 4.29. The first kappa shape index (κ1) is 31.5. The molecule has 3 rings (SSSR count). The molecule has 10 heteroatoms. The summed E-state index contributed by atoms with van der Waals surface area (Å²) < 4.78 is 28.7. The van der Waals surface area contributed by atoms with Crippen LogP contribution < -0.4 is 9.62 Å². The van der Waals surface area contributed by atoms with Crippen molar-refractivity contribution in [1.29, 1.82) is 0 Å². The van der Waals surface area contributed by atoms with E-state index in [1.54, 1.807) is 18.2 Å². The van der Waals surface area contributed by atoms with Crippen LogP contribution in [0.1, 0.15) is 45.2 Å². The summed E-state index contributed by atoms with van der Waals surface area (Å²) >= 11 is 12.7. The topological polar surface area (TPSA) is 86.8 Å². The van der Waals surface area contributed by atoms with Crippen LogP contribution in [0.2, 0.25) is 10.0 Å². The molecule has 1 atom stereocenters. The van der Waals surface area contributed by atoms with E-state index in [-0.39, 0.29) is 33.1 Å². The van der Waals surface area contributed by atoms with Crippen molar-refractivity contribution in [3.8, 4) is 0 Å². The summed E-state index contributed by atoms with van der Waals surface area (Å²) in [6, 6.07) is 19.0. The number of anilines is 1. The van der Waals surface area contributed by atoms with Crippen molar-refractivity contribution in [3.05, 3.63) is 94.0 Å². The lowest BCUT2D eigenvalue weighted by Gasteiger charge is -2.35. The van der Waals surface area contributed by atoms with Crippen molar-refractivity contribution in [2.75, 3.05) is 10.8 Å². The van der Waals surface area contributed by atoms with E-state index in [1.165, 1.54) is 35.2 Å².